The Morgan fingerprint density at radius 3 is 3.10 bits per heavy atom. The molecule has 0 saturated carbocycles. The Kier molecular flexibility index (Phi) is 0.718. The summed E-state index contributed by atoms with van der Waals surface area (Å²) in [5.74, 6) is 0. The van der Waals surface area contributed by atoms with Crippen LogP contribution in [0, 0.1) is 4.64 Å². The Bertz CT molecular complexity index is 488. The summed E-state index contributed by atoms with van der Waals surface area (Å²) in [7, 11) is 0. The number of nitrogens with one attached hydrogen (secondary N) is 2. The van der Waals surface area contributed by atoms with Crippen molar-refractivity contribution in [3.05, 3.63) is 17.2 Å². The van der Waals surface area contributed by atoms with Crippen LogP contribution < -0.4 is 0 Å². The summed E-state index contributed by atoms with van der Waals surface area (Å²) in [5, 5.41) is 0. The van der Waals surface area contributed by atoms with Crippen molar-refractivity contribution in [2.45, 2.75) is 0 Å². The van der Waals surface area contributed by atoms with E-state index >= 15 is 0 Å². The van der Waals surface area contributed by atoms with Crippen molar-refractivity contribution in [2.75, 3.05) is 0 Å². The summed E-state index contributed by atoms with van der Waals surface area (Å²) in [6.07, 6.45) is -0.0289. The zero-order valence-electron chi connectivity index (χ0n) is 6.80. The maximum absolute atomic E-state index is 7.18. The molecule has 0 unspecified atom stereocenters. The fourth-order valence-electron chi connectivity index (χ4n) is 0.688. The van der Waals surface area contributed by atoms with Crippen LogP contribution in [0.3, 0.4) is 0 Å². The van der Waals surface area contributed by atoms with Crippen LogP contribution in [0.25, 0.3) is 11.2 Å². The second-order valence-corrected chi connectivity index (χ2v) is 2.11. The van der Waals surface area contributed by atoms with E-state index < -0.39 is 0 Å². The number of aromatic amines is 2. The molecule has 4 nitrogen and oxygen atoms in total. The highest BCUT2D eigenvalue weighted by Crippen LogP contribution is 2.02. The van der Waals surface area contributed by atoms with Crippen LogP contribution in [0.2, 0.25) is 0 Å². The zero-order valence-corrected chi connectivity index (χ0v) is 5.62. The standard InChI is InChI=1S/C5H4N4S/c10-5-3-4(7-1-6-3)8-2-9-5/h1-2H,(H2,6,7,8,9,10)/i1D,2D. The molecule has 0 fully saturated rings. The molecule has 50 valence electrons. The highest BCUT2D eigenvalue weighted by molar-refractivity contribution is 7.71. The molecule has 2 heterocycles. The molecular weight excluding hydrogens is 148 g/mol. The van der Waals surface area contributed by atoms with Gasteiger partial charge >= 0.3 is 0 Å². The molecule has 2 aromatic heterocycles. The van der Waals surface area contributed by atoms with E-state index in [1.807, 2.05) is 0 Å². The summed E-state index contributed by atoms with van der Waals surface area (Å²) in [5.41, 5.74) is 0.913. The van der Waals surface area contributed by atoms with Gasteiger partial charge in [-0.3, -0.25) is 0 Å². The Labute approximate surface area is 64.1 Å². The molecule has 0 saturated heterocycles. The largest absolute Gasteiger partial charge is 0.341 e. The first kappa shape index (κ1) is 3.82. The molecule has 0 spiro atoms. The van der Waals surface area contributed by atoms with Crippen LogP contribution >= 0.6 is 12.2 Å². The summed E-state index contributed by atoms with van der Waals surface area (Å²) in [6.45, 7) is 0. The summed E-state index contributed by atoms with van der Waals surface area (Å²) < 4.78 is 14.6. The van der Waals surface area contributed by atoms with Crippen molar-refractivity contribution in [1.82, 2.24) is 19.9 Å². The quantitative estimate of drug-likeness (QED) is 0.557. The number of aromatic nitrogens is 4. The molecule has 0 bridgehead atoms. The number of imidazole rings is 1. The van der Waals surface area contributed by atoms with Gasteiger partial charge in [-0.2, -0.15) is 0 Å². The minimum atomic E-state index is -0.0426. The molecule has 0 amide bonds. The molecule has 0 radical (unpaired) electrons. The van der Waals surface area contributed by atoms with Crippen LogP contribution in [0.15, 0.2) is 12.6 Å². The smallest absolute Gasteiger partial charge is 0.159 e. The fraction of sp³-hybridized carbons (Fsp3) is 0. The summed E-state index contributed by atoms with van der Waals surface area (Å²) in [6, 6.07) is 0. The molecule has 2 aromatic rings. The van der Waals surface area contributed by atoms with Crippen molar-refractivity contribution >= 4 is 23.4 Å². The highest BCUT2D eigenvalue weighted by Gasteiger charge is 1.94. The maximum Gasteiger partial charge on any atom is 0.159 e. The number of hydrogen-bond acceptors (Lipinski definition) is 3. The van der Waals surface area contributed by atoms with Gasteiger partial charge in [-0.15, -0.1) is 0 Å². The number of hydrogen-bond donors (Lipinski definition) is 2. The topological polar surface area (TPSA) is 57.4 Å². The second-order valence-electron chi connectivity index (χ2n) is 1.73. The first-order chi connectivity index (χ1) is 5.66. The van der Waals surface area contributed by atoms with Gasteiger partial charge in [-0.25, -0.2) is 9.97 Å². The Morgan fingerprint density at radius 1 is 1.40 bits per heavy atom. The normalized spacial score (nSPS) is 13.2. The van der Waals surface area contributed by atoms with Crippen LogP contribution in [0.4, 0.5) is 0 Å². The molecule has 0 atom stereocenters. The van der Waals surface area contributed by atoms with Crippen molar-refractivity contribution in [2.24, 2.45) is 0 Å². The zero-order chi connectivity index (χ0) is 8.72. The van der Waals surface area contributed by atoms with Gasteiger partial charge in [-0.05, 0) is 0 Å². The van der Waals surface area contributed by atoms with E-state index in [1.54, 1.807) is 0 Å². The Balaban J connectivity index is 2.98. The lowest BCUT2D eigenvalue weighted by molar-refractivity contribution is 1.18. The van der Waals surface area contributed by atoms with Gasteiger partial charge in [0.15, 0.2) is 10.3 Å². The number of nitrogens with zero attached hydrogens (tertiary/aromatic N) is 2. The summed E-state index contributed by atoms with van der Waals surface area (Å²) in [4.78, 5) is 12.7. The van der Waals surface area contributed by atoms with Crippen molar-refractivity contribution in [3.8, 4) is 0 Å². The minimum Gasteiger partial charge on any atom is -0.341 e. The van der Waals surface area contributed by atoms with Gasteiger partial charge in [0.1, 0.15) is 8.26 Å². The number of rotatable bonds is 0. The molecule has 0 aromatic carbocycles. The molecule has 0 aliphatic carbocycles. The highest BCUT2D eigenvalue weighted by atomic mass is 32.1. The lowest BCUT2D eigenvalue weighted by Gasteiger charge is -1.84. The third-order valence-corrected chi connectivity index (χ3v) is 1.43. The van der Waals surface area contributed by atoms with Crippen molar-refractivity contribution in [1.29, 1.82) is 0 Å². The average molecular weight is 154 g/mol. The monoisotopic (exact) mass is 154 g/mol. The van der Waals surface area contributed by atoms with Gasteiger partial charge in [0.25, 0.3) is 0 Å². The lowest BCUT2D eigenvalue weighted by Crippen LogP contribution is -1.80. The van der Waals surface area contributed by atoms with Crippen LogP contribution in [-0.4, -0.2) is 19.9 Å². The van der Waals surface area contributed by atoms with E-state index in [9.17, 15) is 0 Å². The van der Waals surface area contributed by atoms with E-state index in [0.29, 0.717) is 11.2 Å². The fourth-order valence-corrected chi connectivity index (χ4v) is 0.881. The van der Waals surface area contributed by atoms with E-state index in [0.717, 1.165) is 0 Å². The van der Waals surface area contributed by atoms with Gasteiger partial charge < -0.3 is 9.97 Å². The predicted molar refractivity (Wildman–Crippen MR) is 39.1 cm³/mol. The lowest BCUT2D eigenvalue weighted by atomic mass is 10.6. The van der Waals surface area contributed by atoms with Gasteiger partial charge in [0.2, 0.25) is 0 Å². The Morgan fingerprint density at radius 2 is 2.20 bits per heavy atom. The third kappa shape index (κ3) is 0.640. The molecule has 2 N–H and O–H groups in total. The van der Waals surface area contributed by atoms with Crippen LogP contribution in [-0.2, 0) is 0 Å². The van der Waals surface area contributed by atoms with Crippen molar-refractivity contribution in [3.63, 3.8) is 0 Å². The van der Waals surface area contributed by atoms with E-state index in [4.69, 9.17) is 15.0 Å². The maximum atomic E-state index is 7.18. The van der Waals surface area contributed by atoms with Gasteiger partial charge in [-0.1, -0.05) is 12.2 Å². The Hall–Kier alpha value is -1.23. The average Bonchev–Trinajstić information content (AvgIpc) is 2.29. The van der Waals surface area contributed by atoms with Crippen LogP contribution in [0.5, 0.6) is 0 Å². The molecule has 2 rings (SSSR count). The minimum absolute atomic E-state index is 0.0137. The third-order valence-electron chi connectivity index (χ3n) is 1.13. The number of H-pyrrole nitrogens is 2. The first-order valence-corrected chi connectivity index (χ1v) is 3.01. The summed E-state index contributed by atoms with van der Waals surface area (Å²) >= 11 is 4.85. The molecule has 0 aliphatic heterocycles. The SMILES string of the molecule is [2H]c1nc(=S)c2[nH]c([2H])nc2[nH]1. The molecular formula is C5H4N4S. The first-order valence-electron chi connectivity index (χ1n) is 3.60. The molecule has 10 heavy (non-hydrogen) atoms. The van der Waals surface area contributed by atoms with Gasteiger partial charge in [0, 0.05) is 0 Å². The van der Waals surface area contributed by atoms with Crippen LogP contribution in [0.1, 0.15) is 2.74 Å². The van der Waals surface area contributed by atoms with E-state index in [2.05, 4.69) is 19.9 Å². The molecule has 0 aliphatic rings. The van der Waals surface area contributed by atoms with Gasteiger partial charge in [0.05, 0.1) is 12.6 Å². The predicted octanol–water partition coefficient (Wildman–Crippen LogP) is 1.02. The van der Waals surface area contributed by atoms with E-state index in [1.165, 1.54) is 0 Å². The number of fused-ring (bicyclic) bond motifs is 1. The molecule has 5 heteroatoms. The van der Waals surface area contributed by atoms with Crippen molar-refractivity contribution < 1.29 is 2.74 Å². The van der Waals surface area contributed by atoms with E-state index in [-0.39, 0.29) is 17.2 Å². The second kappa shape index (κ2) is 1.88.